The van der Waals surface area contributed by atoms with E-state index in [2.05, 4.69) is 24.4 Å². The van der Waals surface area contributed by atoms with Gasteiger partial charge in [-0.15, -0.1) is 0 Å². The van der Waals surface area contributed by atoms with Crippen LogP contribution in [0.15, 0.2) is 53.3 Å². The predicted molar refractivity (Wildman–Crippen MR) is 126 cm³/mol. The molecule has 7 heteroatoms. The van der Waals surface area contributed by atoms with Gasteiger partial charge in [-0.25, -0.2) is 9.18 Å². The third-order valence-electron chi connectivity index (χ3n) is 6.65. The Balaban J connectivity index is 1.20. The summed E-state index contributed by atoms with van der Waals surface area (Å²) in [5, 5.41) is 4.20. The fraction of sp³-hybridized carbons (Fsp3) is 0.385. The first-order valence-corrected chi connectivity index (χ1v) is 11.6. The van der Waals surface area contributed by atoms with Crippen LogP contribution in [0.5, 0.6) is 0 Å². The van der Waals surface area contributed by atoms with E-state index in [0.717, 1.165) is 30.3 Å². The summed E-state index contributed by atoms with van der Waals surface area (Å²) in [7, 11) is 0. The second kappa shape index (κ2) is 8.98. The van der Waals surface area contributed by atoms with Crippen LogP contribution in [-0.2, 0) is 17.7 Å². The van der Waals surface area contributed by atoms with Crippen LogP contribution in [0.25, 0.3) is 10.9 Å². The lowest BCUT2D eigenvalue weighted by atomic mass is 9.99. The highest BCUT2D eigenvalue weighted by atomic mass is 19.1. The van der Waals surface area contributed by atoms with Gasteiger partial charge in [0.15, 0.2) is 0 Å². The van der Waals surface area contributed by atoms with Crippen LogP contribution in [0.3, 0.4) is 0 Å². The van der Waals surface area contributed by atoms with Gasteiger partial charge in [-0.2, -0.15) is 0 Å². The highest BCUT2D eigenvalue weighted by molar-refractivity contribution is 5.89. The second-order valence-electron chi connectivity index (χ2n) is 8.92. The van der Waals surface area contributed by atoms with Crippen LogP contribution in [0.1, 0.15) is 36.8 Å². The average molecular weight is 450 g/mol. The van der Waals surface area contributed by atoms with Gasteiger partial charge in [-0.05, 0) is 54.1 Å². The Bertz CT molecular complexity index is 1240. The van der Waals surface area contributed by atoms with Crippen molar-refractivity contribution in [2.45, 2.75) is 44.8 Å². The van der Waals surface area contributed by atoms with Crippen LogP contribution in [-0.4, -0.2) is 36.4 Å². The molecule has 1 aromatic heterocycles. The van der Waals surface area contributed by atoms with Crippen molar-refractivity contribution in [3.63, 3.8) is 0 Å². The number of benzene rings is 2. The average Bonchev–Trinajstić information content (AvgIpc) is 3.39. The minimum Gasteiger partial charge on any atom is -0.443 e. The van der Waals surface area contributed by atoms with Gasteiger partial charge in [-0.3, -0.25) is 9.69 Å². The molecule has 6 nitrogen and oxygen atoms in total. The quantitative estimate of drug-likeness (QED) is 0.560. The van der Waals surface area contributed by atoms with Gasteiger partial charge in [-0.1, -0.05) is 25.5 Å². The maximum absolute atomic E-state index is 14.6. The zero-order chi connectivity index (χ0) is 22.9. The molecule has 2 aliphatic rings. The number of carbonyl (C=O) groups excluding carboxylic acids is 1. The third kappa shape index (κ3) is 4.13. The Kier molecular flexibility index (Phi) is 5.89. The van der Waals surface area contributed by atoms with E-state index in [1.807, 2.05) is 12.1 Å². The molecule has 3 aromatic rings. The SMILES string of the molecule is CCCCc1ccc(N2C[C@@H](CNCC3Cn4c(=O)ccc5ccc(F)c3c54)OC2=O)cc1. The number of rotatable bonds is 8. The molecule has 3 heterocycles. The van der Waals surface area contributed by atoms with Gasteiger partial charge < -0.3 is 14.6 Å². The van der Waals surface area contributed by atoms with Crippen LogP contribution in [0, 0.1) is 5.82 Å². The van der Waals surface area contributed by atoms with E-state index in [9.17, 15) is 14.0 Å². The molecule has 0 spiro atoms. The zero-order valence-electron chi connectivity index (χ0n) is 18.7. The van der Waals surface area contributed by atoms with E-state index >= 15 is 0 Å². The molecular weight excluding hydrogens is 421 g/mol. The van der Waals surface area contributed by atoms with Crippen molar-refractivity contribution in [1.82, 2.24) is 9.88 Å². The number of unbranched alkanes of at least 4 members (excludes halogenated alkanes) is 1. The van der Waals surface area contributed by atoms with Gasteiger partial charge in [0.1, 0.15) is 11.9 Å². The van der Waals surface area contributed by atoms with Gasteiger partial charge in [0.2, 0.25) is 0 Å². The number of amides is 1. The number of anilines is 1. The summed E-state index contributed by atoms with van der Waals surface area (Å²) in [4.78, 5) is 26.3. The first-order chi connectivity index (χ1) is 16.0. The Morgan fingerprint density at radius 3 is 2.61 bits per heavy atom. The number of nitrogens with one attached hydrogen (secondary N) is 1. The van der Waals surface area contributed by atoms with Crippen LogP contribution < -0.4 is 15.8 Å². The van der Waals surface area contributed by atoms with Crippen molar-refractivity contribution in [3.05, 3.63) is 75.8 Å². The van der Waals surface area contributed by atoms with E-state index in [1.165, 1.54) is 17.7 Å². The second-order valence-corrected chi connectivity index (χ2v) is 8.92. The fourth-order valence-corrected chi connectivity index (χ4v) is 4.93. The summed E-state index contributed by atoms with van der Waals surface area (Å²) < 4.78 is 21.8. The predicted octanol–water partition coefficient (Wildman–Crippen LogP) is 4.20. The van der Waals surface area contributed by atoms with Gasteiger partial charge >= 0.3 is 6.09 Å². The first kappa shape index (κ1) is 21.6. The fourth-order valence-electron chi connectivity index (χ4n) is 4.93. The maximum atomic E-state index is 14.6. The monoisotopic (exact) mass is 449 g/mol. The molecule has 1 unspecified atom stereocenters. The number of hydrogen-bond donors (Lipinski definition) is 1. The smallest absolute Gasteiger partial charge is 0.414 e. The summed E-state index contributed by atoms with van der Waals surface area (Å²) in [5.74, 6) is -0.431. The summed E-state index contributed by atoms with van der Waals surface area (Å²) in [6.45, 7) is 4.05. The van der Waals surface area contributed by atoms with Crippen LogP contribution in [0.4, 0.5) is 14.9 Å². The molecule has 33 heavy (non-hydrogen) atoms. The number of cyclic esters (lactones) is 1. The molecule has 0 aliphatic carbocycles. The molecule has 1 saturated heterocycles. The zero-order valence-corrected chi connectivity index (χ0v) is 18.7. The molecule has 2 atom stereocenters. The molecular formula is C26H28FN3O3. The summed E-state index contributed by atoms with van der Waals surface area (Å²) in [5.41, 5.74) is 3.27. The normalized spacial score (nSPS) is 19.5. The third-order valence-corrected chi connectivity index (χ3v) is 6.65. The van der Waals surface area contributed by atoms with Gasteiger partial charge in [0.05, 0.1) is 12.1 Å². The number of halogens is 1. The van der Waals surface area contributed by atoms with Crippen LogP contribution >= 0.6 is 0 Å². The highest BCUT2D eigenvalue weighted by Crippen LogP contribution is 2.34. The number of carbonyl (C=O) groups is 1. The molecule has 172 valence electrons. The molecule has 2 aromatic carbocycles. The topological polar surface area (TPSA) is 63.6 Å². The largest absolute Gasteiger partial charge is 0.443 e. The molecule has 1 N–H and O–H groups in total. The number of pyridine rings is 1. The molecule has 0 radical (unpaired) electrons. The van der Waals surface area contributed by atoms with Crippen LogP contribution in [0.2, 0.25) is 0 Å². The Labute approximate surface area is 192 Å². The lowest BCUT2D eigenvalue weighted by molar-refractivity contribution is 0.140. The Morgan fingerprint density at radius 2 is 1.82 bits per heavy atom. The summed E-state index contributed by atoms with van der Waals surface area (Å²) in [6.07, 6.45) is 2.71. The van der Waals surface area contributed by atoms with E-state index in [1.54, 1.807) is 21.6 Å². The van der Waals surface area contributed by atoms with Crippen molar-refractivity contribution >= 4 is 22.7 Å². The minimum atomic E-state index is -0.348. The van der Waals surface area contributed by atoms with Crippen molar-refractivity contribution < 1.29 is 13.9 Å². The lowest BCUT2D eigenvalue weighted by Crippen LogP contribution is -2.33. The molecule has 0 bridgehead atoms. The molecule has 1 amide bonds. The number of aryl methyl sites for hydroxylation is 1. The summed E-state index contributed by atoms with van der Waals surface area (Å²) in [6, 6.07) is 14.5. The Hall–Kier alpha value is -3.19. The number of hydrogen-bond acceptors (Lipinski definition) is 4. The molecule has 2 aliphatic heterocycles. The van der Waals surface area contributed by atoms with Gasteiger partial charge in [0.25, 0.3) is 5.56 Å². The lowest BCUT2D eigenvalue weighted by Gasteiger charge is -2.15. The van der Waals surface area contributed by atoms with Crippen molar-refractivity contribution in [3.8, 4) is 0 Å². The molecule has 5 rings (SSSR count). The van der Waals surface area contributed by atoms with Gasteiger partial charge in [0, 0.05) is 42.9 Å². The van der Waals surface area contributed by atoms with E-state index < -0.39 is 0 Å². The van der Waals surface area contributed by atoms with Crippen molar-refractivity contribution in [1.29, 1.82) is 0 Å². The van der Waals surface area contributed by atoms with Crippen molar-refractivity contribution in [2.75, 3.05) is 24.5 Å². The van der Waals surface area contributed by atoms with E-state index in [4.69, 9.17) is 4.74 Å². The minimum absolute atomic E-state index is 0.113. The maximum Gasteiger partial charge on any atom is 0.414 e. The molecule has 1 fully saturated rings. The Morgan fingerprint density at radius 1 is 1.03 bits per heavy atom. The number of nitrogens with zero attached hydrogens (tertiary/aromatic N) is 2. The molecule has 0 saturated carbocycles. The van der Waals surface area contributed by atoms with Crippen molar-refractivity contribution in [2.24, 2.45) is 0 Å². The standard InChI is InChI=1S/C26H28FN3O3/c1-2-3-4-17-5-9-20(10-6-17)29-16-21(33-26(29)32)14-28-13-19-15-30-23(31)12-8-18-7-11-22(27)24(19)25(18)30/h5-12,19,21,28H,2-4,13-16H2,1H3/t19?,21-/m1/s1. The summed E-state index contributed by atoms with van der Waals surface area (Å²) >= 11 is 0. The number of aromatic nitrogens is 1. The highest BCUT2D eigenvalue weighted by Gasteiger charge is 2.33. The van der Waals surface area contributed by atoms with E-state index in [0.29, 0.717) is 37.3 Å². The first-order valence-electron chi connectivity index (χ1n) is 11.6. The van der Waals surface area contributed by atoms with E-state index in [-0.39, 0.29) is 29.5 Å². The number of ether oxygens (including phenoxy) is 1.